The summed E-state index contributed by atoms with van der Waals surface area (Å²) in [6, 6.07) is 4.78. The summed E-state index contributed by atoms with van der Waals surface area (Å²) in [5, 5.41) is 14.9. The summed E-state index contributed by atoms with van der Waals surface area (Å²) in [5.41, 5.74) is 1.73. The molecule has 1 heterocycles. The number of nitro benzene ring substituents is 1. The number of nitro groups is 1. The highest BCUT2D eigenvalue weighted by Gasteiger charge is 2.15. The van der Waals surface area contributed by atoms with E-state index in [1.54, 1.807) is 0 Å². The highest BCUT2D eigenvalue weighted by Crippen LogP contribution is 2.20. The van der Waals surface area contributed by atoms with E-state index in [0.717, 1.165) is 15.9 Å². The Balaban J connectivity index is 0.00000312. The lowest BCUT2D eigenvalue weighted by Crippen LogP contribution is -2.25. The number of nitrogens with one attached hydrogen (secondary N) is 1. The molecule has 0 spiro atoms. The number of benzene rings is 1. The third-order valence-corrected chi connectivity index (χ3v) is 6.11. The van der Waals surface area contributed by atoms with E-state index in [0.29, 0.717) is 13.0 Å². The van der Waals surface area contributed by atoms with Gasteiger partial charge in [0.25, 0.3) is 5.69 Å². The summed E-state index contributed by atoms with van der Waals surface area (Å²) in [5.74, 6) is 0. The van der Waals surface area contributed by atoms with E-state index < -0.39 is 14.9 Å². The first-order chi connectivity index (χ1) is 11.2. The predicted octanol–water partition coefficient (Wildman–Crippen LogP) is 2.96. The van der Waals surface area contributed by atoms with Crippen LogP contribution < -0.4 is 4.72 Å². The van der Waals surface area contributed by atoms with Crippen LogP contribution in [0.5, 0.6) is 0 Å². The van der Waals surface area contributed by atoms with Crippen molar-refractivity contribution in [3.05, 3.63) is 50.2 Å². The first-order valence-corrected chi connectivity index (χ1v) is 9.43. The fourth-order valence-corrected chi connectivity index (χ4v) is 3.52. The van der Waals surface area contributed by atoms with Gasteiger partial charge in [0.1, 0.15) is 0 Å². The second-order valence-corrected chi connectivity index (χ2v) is 7.77. The van der Waals surface area contributed by atoms with Crippen molar-refractivity contribution < 1.29 is 13.3 Å². The Morgan fingerprint density at radius 3 is 2.36 bits per heavy atom. The number of hydrogen-bond donors (Lipinski definition) is 1. The van der Waals surface area contributed by atoms with Crippen LogP contribution in [-0.2, 0) is 16.6 Å². The van der Waals surface area contributed by atoms with Gasteiger partial charge in [0.05, 0.1) is 20.0 Å². The molecule has 2 aromatic rings. The normalized spacial score (nSPS) is 11.2. The van der Waals surface area contributed by atoms with E-state index in [4.69, 9.17) is 0 Å². The molecule has 138 valence electrons. The van der Waals surface area contributed by atoms with Crippen LogP contribution in [0.15, 0.2) is 33.6 Å². The molecule has 0 aliphatic heterocycles. The van der Waals surface area contributed by atoms with Crippen molar-refractivity contribution in [3.63, 3.8) is 0 Å². The molecule has 11 heteroatoms. The molecule has 2 rings (SSSR count). The molecule has 1 aromatic heterocycles. The number of non-ortho nitro benzene ring substituents is 1. The van der Waals surface area contributed by atoms with Crippen molar-refractivity contribution in [2.75, 3.05) is 6.54 Å². The first-order valence-electron chi connectivity index (χ1n) is 7.16. The number of nitrogens with zero attached hydrogens (tertiary/aromatic N) is 3. The third-order valence-electron chi connectivity index (χ3n) is 3.49. The molecule has 0 amide bonds. The molecule has 0 aliphatic rings. The fourth-order valence-electron chi connectivity index (χ4n) is 2.16. The van der Waals surface area contributed by atoms with E-state index in [-0.39, 0.29) is 29.5 Å². The molecule has 0 aliphatic carbocycles. The second kappa shape index (κ2) is 8.75. The van der Waals surface area contributed by atoms with Gasteiger partial charge in [0, 0.05) is 30.9 Å². The zero-order valence-corrected chi connectivity index (χ0v) is 16.8. The minimum atomic E-state index is -3.68. The quantitative estimate of drug-likeness (QED) is 0.394. The van der Waals surface area contributed by atoms with Crippen molar-refractivity contribution in [1.82, 2.24) is 14.5 Å². The molecule has 25 heavy (non-hydrogen) atoms. The number of rotatable bonds is 7. The molecule has 0 fully saturated rings. The van der Waals surface area contributed by atoms with Gasteiger partial charge in [0.15, 0.2) is 0 Å². The maximum Gasteiger partial charge on any atom is 0.269 e. The number of halogens is 2. The summed E-state index contributed by atoms with van der Waals surface area (Å²) >= 11 is 3.44. The van der Waals surface area contributed by atoms with Crippen molar-refractivity contribution >= 4 is 44.0 Å². The third kappa shape index (κ3) is 5.24. The Morgan fingerprint density at radius 2 is 1.88 bits per heavy atom. The van der Waals surface area contributed by atoms with Crippen LogP contribution in [0.1, 0.15) is 17.8 Å². The Hall–Kier alpha value is -1.49. The molecule has 0 radical (unpaired) electrons. The maximum atomic E-state index is 12.1. The summed E-state index contributed by atoms with van der Waals surface area (Å²) < 4.78 is 29.5. The average Bonchev–Trinajstić information content (AvgIpc) is 2.79. The molecule has 0 atom stereocenters. The molecule has 0 bridgehead atoms. The summed E-state index contributed by atoms with van der Waals surface area (Å²) in [7, 11) is -3.68. The van der Waals surface area contributed by atoms with Gasteiger partial charge in [0.2, 0.25) is 10.0 Å². The topological polar surface area (TPSA) is 107 Å². The fraction of sp³-hybridized carbons (Fsp3) is 0.357. The minimum absolute atomic E-state index is 0. The average molecular weight is 454 g/mol. The monoisotopic (exact) mass is 452 g/mol. The standard InChI is InChI=1S/C14H17BrN4O4S.ClH/c1-10-14(15)11(2)18(17-10)9-3-8-16-24(22,23)13-6-4-12(5-7-13)19(20)21;/h4-7,16H,3,8-9H2,1-2H3;1H. The maximum absolute atomic E-state index is 12.1. The van der Waals surface area contributed by atoms with E-state index >= 15 is 0 Å². The van der Waals surface area contributed by atoms with Crippen LogP contribution in [0, 0.1) is 24.0 Å². The lowest BCUT2D eigenvalue weighted by Gasteiger charge is -2.08. The Bertz CT molecular complexity index is 852. The van der Waals surface area contributed by atoms with Crippen molar-refractivity contribution in [2.24, 2.45) is 0 Å². The molecule has 0 saturated carbocycles. The van der Waals surface area contributed by atoms with Crippen LogP contribution in [0.25, 0.3) is 0 Å². The minimum Gasteiger partial charge on any atom is -0.268 e. The van der Waals surface area contributed by atoms with Gasteiger partial charge in [-0.3, -0.25) is 14.8 Å². The Kier molecular flexibility index (Phi) is 7.54. The van der Waals surface area contributed by atoms with Crippen LogP contribution in [0.2, 0.25) is 0 Å². The number of hydrogen-bond acceptors (Lipinski definition) is 5. The zero-order chi connectivity index (χ0) is 17.9. The Morgan fingerprint density at radius 1 is 1.28 bits per heavy atom. The SMILES string of the molecule is Cc1nn(CCCNS(=O)(=O)c2ccc([N+](=O)[O-])cc2)c(C)c1Br.Cl. The lowest BCUT2D eigenvalue weighted by molar-refractivity contribution is -0.384. The van der Waals surface area contributed by atoms with E-state index in [2.05, 4.69) is 25.8 Å². The molecule has 1 N–H and O–H groups in total. The molecule has 0 saturated heterocycles. The highest BCUT2D eigenvalue weighted by atomic mass is 79.9. The van der Waals surface area contributed by atoms with Crippen LogP contribution in [-0.4, -0.2) is 29.7 Å². The van der Waals surface area contributed by atoms with Crippen molar-refractivity contribution in [1.29, 1.82) is 0 Å². The molecular formula is C14H18BrClN4O4S. The predicted molar refractivity (Wildman–Crippen MR) is 99.6 cm³/mol. The van der Waals surface area contributed by atoms with Gasteiger partial charge < -0.3 is 0 Å². The largest absolute Gasteiger partial charge is 0.269 e. The van der Waals surface area contributed by atoms with Crippen molar-refractivity contribution in [3.8, 4) is 0 Å². The summed E-state index contributed by atoms with van der Waals surface area (Å²) in [6.45, 7) is 4.66. The Labute approximate surface area is 160 Å². The molecular weight excluding hydrogens is 436 g/mol. The smallest absolute Gasteiger partial charge is 0.268 e. The van der Waals surface area contributed by atoms with Crippen LogP contribution in [0.4, 0.5) is 5.69 Å². The summed E-state index contributed by atoms with van der Waals surface area (Å²) in [4.78, 5) is 10.0. The number of aromatic nitrogens is 2. The number of aryl methyl sites for hydroxylation is 2. The first kappa shape index (κ1) is 21.6. The van der Waals surface area contributed by atoms with Gasteiger partial charge in [-0.05, 0) is 48.3 Å². The second-order valence-electron chi connectivity index (χ2n) is 5.21. The van der Waals surface area contributed by atoms with Crippen LogP contribution >= 0.6 is 28.3 Å². The van der Waals surface area contributed by atoms with Gasteiger partial charge in [-0.1, -0.05) is 0 Å². The van der Waals surface area contributed by atoms with Crippen LogP contribution in [0.3, 0.4) is 0 Å². The van der Waals surface area contributed by atoms with E-state index in [1.165, 1.54) is 24.3 Å². The van der Waals surface area contributed by atoms with Crippen molar-refractivity contribution in [2.45, 2.75) is 31.7 Å². The lowest BCUT2D eigenvalue weighted by atomic mass is 10.3. The zero-order valence-electron chi connectivity index (χ0n) is 13.6. The molecule has 0 unspecified atom stereocenters. The van der Waals surface area contributed by atoms with Gasteiger partial charge in [-0.2, -0.15) is 5.10 Å². The van der Waals surface area contributed by atoms with E-state index in [9.17, 15) is 18.5 Å². The highest BCUT2D eigenvalue weighted by molar-refractivity contribution is 9.10. The van der Waals surface area contributed by atoms with Gasteiger partial charge in [-0.15, -0.1) is 12.4 Å². The van der Waals surface area contributed by atoms with E-state index in [1.807, 2.05) is 18.5 Å². The molecule has 8 nitrogen and oxygen atoms in total. The van der Waals surface area contributed by atoms with Gasteiger partial charge in [-0.25, -0.2) is 13.1 Å². The van der Waals surface area contributed by atoms with Gasteiger partial charge >= 0.3 is 0 Å². The summed E-state index contributed by atoms with van der Waals surface area (Å²) in [6.07, 6.45) is 0.570. The number of sulfonamides is 1. The molecule has 1 aromatic carbocycles.